The van der Waals surface area contributed by atoms with Crippen LogP contribution in [0.1, 0.15) is 12.5 Å². The monoisotopic (exact) mass is 236 g/mol. The fourth-order valence-corrected chi connectivity index (χ4v) is 1.15. The van der Waals surface area contributed by atoms with E-state index in [1.807, 2.05) is 19.1 Å². The summed E-state index contributed by atoms with van der Waals surface area (Å²) in [5, 5.41) is 13.8. The first-order valence-electron chi connectivity index (χ1n) is 5.33. The molecule has 3 N–H and O–H groups in total. The highest BCUT2D eigenvalue weighted by Gasteiger charge is 2.11. The van der Waals surface area contributed by atoms with Gasteiger partial charge in [-0.25, -0.2) is 4.79 Å². The molecule has 1 aromatic carbocycles. The van der Waals surface area contributed by atoms with Crippen molar-refractivity contribution in [2.45, 2.75) is 13.8 Å². The minimum atomic E-state index is -0.930. The third-order valence-electron chi connectivity index (χ3n) is 2.30. The molecule has 0 spiro atoms. The summed E-state index contributed by atoms with van der Waals surface area (Å²) in [6.07, 6.45) is 0. The smallest absolute Gasteiger partial charge is 0.319 e. The normalized spacial score (nSPS) is 11.6. The first-order valence-corrected chi connectivity index (χ1v) is 5.33. The van der Waals surface area contributed by atoms with E-state index in [1.165, 1.54) is 6.92 Å². The number of nitrogens with one attached hydrogen (secondary N) is 2. The lowest BCUT2D eigenvalue weighted by atomic mass is 10.2. The van der Waals surface area contributed by atoms with Gasteiger partial charge in [-0.15, -0.1) is 0 Å². The molecule has 5 nitrogen and oxygen atoms in total. The average Bonchev–Trinajstić information content (AvgIpc) is 2.29. The number of aryl methyl sites for hydroxylation is 1. The Hall–Kier alpha value is -2.04. The van der Waals surface area contributed by atoms with Crippen molar-refractivity contribution < 1.29 is 14.7 Å². The van der Waals surface area contributed by atoms with Gasteiger partial charge in [-0.2, -0.15) is 0 Å². The minimum Gasteiger partial charge on any atom is -0.481 e. The van der Waals surface area contributed by atoms with Crippen LogP contribution < -0.4 is 10.6 Å². The van der Waals surface area contributed by atoms with Gasteiger partial charge in [-0.05, 0) is 19.1 Å². The largest absolute Gasteiger partial charge is 0.481 e. The zero-order chi connectivity index (χ0) is 12.8. The van der Waals surface area contributed by atoms with Crippen LogP contribution in [0.3, 0.4) is 0 Å². The Bertz CT molecular complexity index is 401. The molecule has 0 bridgehead atoms. The van der Waals surface area contributed by atoms with Crippen molar-refractivity contribution >= 4 is 17.7 Å². The van der Waals surface area contributed by atoms with Crippen molar-refractivity contribution in [1.82, 2.24) is 5.32 Å². The van der Waals surface area contributed by atoms with Crippen molar-refractivity contribution in [2.75, 3.05) is 11.9 Å². The number of rotatable bonds is 4. The molecule has 0 aliphatic rings. The molecule has 1 rings (SSSR count). The highest BCUT2D eigenvalue weighted by atomic mass is 16.4. The highest BCUT2D eigenvalue weighted by molar-refractivity contribution is 5.89. The van der Waals surface area contributed by atoms with E-state index in [-0.39, 0.29) is 6.54 Å². The second-order valence-electron chi connectivity index (χ2n) is 3.94. The number of aliphatic carboxylic acids is 1. The number of benzene rings is 1. The van der Waals surface area contributed by atoms with Crippen molar-refractivity contribution in [3.63, 3.8) is 0 Å². The van der Waals surface area contributed by atoms with Crippen LogP contribution in [0.5, 0.6) is 0 Å². The Labute approximate surface area is 99.8 Å². The Balaban J connectivity index is 2.39. The molecule has 0 fully saturated rings. The summed E-state index contributed by atoms with van der Waals surface area (Å²) >= 11 is 0. The van der Waals surface area contributed by atoms with Gasteiger partial charge in [-0.3, -0.25) is 4.79 Å². The second-order valence-corrected chi connectivity index (χ2v) is 3.94. The van der Waals surface area contributed by atoms with E-state index in [4.69, 9.17) is 5.11 Å². The van der Waals surface area contributed by atoms with Gasteiger partial charge >= 0.3 is 12.0 Å². The van der Waals surface area contributed by atoms with Crippen LogP contribution in [0.25, 0.3) is 0 Å². The third kappa shape index (κ3) is 4.55. The van der Waals surface area contributed by atoms with Crippen molar-refractivity contribution in [3.8, 4) is 0 Å². The van der Waals surface area contributed by atoms with Crippen LogP contribution in [0.2, 0.25) is 0 Å². The van der Waals surface area contributed by atoms with Gasteiger partial charge in [0.2, 0.25) is 0 Å². The molecule has 0 aliphatic heterocycles. The van der Waals surface area contributed by atoms with Gasteiger partial charge in [0.25, 0.3) is 0 Å². The van der Waals surface area contributed by atoms with Crippen molar-refractivity contribution in [3.05, 3.63) is 29.8 Å². The van der Waals surface area contributed by atoms with Crippen LogP contribution in [0.15, 0.2) is 24.3 Å². The van der Waals surface area contributed by atoms with Crippen LogP contribution in [0.4, 0.5) is 10.5 Å². The maximum Gasteiger partial charge on any atom is 0.319 e. The van der Waals surface area contributed by atoms with Crippen LogP contribution in [0, 0.1) is 12.8 Å². The molecule has 0 saturated heterocycles. The quantitative estimate of drug-likeness (QED) is 0.746. The van der Waals surface area contributed by atoms with Gasteiger partial charge in [0, 0.05) is 12.2 Å². The fraction of sp³-hybridized carbons (Fsp3) is 0.333. The molecule has 1 atom stereocenters. The van der Waals surface area contributed by atoms with Gasteiger partial charge in [0.1, 0.15) is 0 Å². The molecular weight excluding hydrogens is 220 g/mol. The van der Waals surface area contributed by atoms with Gasteiger partial charge < -0.3 is 15.7 Å². The number of anilines is 1. The topological polar surface area (TPSA) is 78.4 Å². The lowest BCUT2D eigenvalue weighted by Gasteiger charge is -2.09. The van der Waals surface area contributed by atoms with E-state index >= 15 is 0 Å². The number of carboxylic acid groups (broad SMARTS) is 1. The van der Waals surface area contributed by atoms with Gasteiger partial charge in [-0.1, -0.05) is 24.6 Å². The first kappa shape index (κ1) is 13.0. The van der Waals surface area contributed by atoms with Crippen molar-refractivity contribution in [2.24, 2.45) is 5.92 Å². The summed E-state index contributed by atoms with van der Waals surface area (Å²) in [6, 6.07) is 6.94. The van der Waals surface area contributed by atoms with E-state index in [0.29, 0.717) is 5.69 Å². The van der Waals surface area contributed by atoms with E-state index in [1.54, 1.807) is 12.1 Å². The lowest BCUT2D eigenvalue weighted by molar-refractivity contribution is -0.140. The van der Waals surface area contributed by atoms with Gasteiger partial charge in [0.15, 0.2) is 0 Å². The zero-order valence-corrected chi connectivity index (χ0v) is 9.86. The third-order valence-corrected chi connectivity index (χ3v) is 2.30. The predicted molar refractivity (Wildman–Crippen MR) is 65.0 cm³/mol. The fourth-order valence-electron chi connectivity index (χ4n) is 1.15. The molecular formula is C12H16N2O3. The first-order chi connectivity index (χ1) is 7.99. The van der Waals surface area contributed by atoms with Gasteiger partial charge in [0.05, 0.1) is 5.92 Å². The average molecular weight is 236 g/mol. The number of carbonyl (C=O) groups is 2. The number of hydrogen-bond acceptors (Lipinski definition) is 2. The molecule has 1 unspecified atom stereocenters. The Morgan fingerprint density at radius 2 is 1.88 bits per heavy atom. The molecule has 0 aliphatic carbocycles. The van der Waals surface area contributed by atoms with Crippen molar-refractivity contribution in [1.29, 1.82) is 0 Å². The summed E-state index contributed by atoms with van der Waals surface area (Å²) in [4.78, 5) is 21.9. The van der Waals surface area contributed by atoms with Crippen LogP contribution in [-0.2, 0) is 4.79 Å². The molecule has 0 saturated carbocycles. The van der Waals surface area contributed by atoms with E-state index in [9.17, 15) is 9.59 Å². The molecule has 1 aromatic rings. The maximum absolute atomic E-state index is 11.4. The van der Waals surface area contributed by atoms with Crippen LogP contribution in [-0.4, -0.2) is 23.7 Å². The number of carboxylic acids is 1. The summed E-state index contributed by atoms with van der Waals surface area (Å²) in [5.41, 5.74) is 1.78. The molecule has 0 radical (unpaired) electrons. The lowest BCUT2D eigenvalue weighted by Crippen LogP contribution is -2.34. The summed E-state index contributed by atoms with van der Waals surface area (Å²) in [7, 11) is 0. The van der Waals surface area contributed by atoms with E-state index in [2.05, 4.69) is 10.6 Å². The zero-order valence-electron chi connectivity index (χ0n) is 9.86. The van der Waals surface area contributed by atoms with E-state index in [0.717, 1.165) is 5.56 Å². The number of amides is 2. The molecule has 2 amide bonds. The Kier molecular flexibility index (Phi) is 4.51. The Morgan fingerprint density at radius 3 is 2.41 bits per heavy atom. The molecule has 0 aromatic heterocycles. The van der Waals surface area contributed by atoms with E-state index < -0.39 is 17.9 Å². The minimum absolute atomic E-state index is 0.104. The highest BCUT2D eigenvalue weighted by Crippen LogP contribution is 2.08. The summed E-state index contributed by atoms with van der Waals surface area (Å²) < 4.78 is 0. The summed E-state index contributed by atoms with van der Waals surface area (Å²) in [6.45, 7) is 3.60. The molecule has 0 heterocycles. The number of hydrogen-bond donors (Lipinski definition) is 3. The molecule has 17 heavy (non-hydrogen) atoms. The Morgan fingerprint density at radius 1 is 1.29 bits per heavy atom. The SMILES string of the molecule is Cc1ccc(NC(=O)NCC(C)C(=O)O)cc1. The maximum atomic E-state index is 11.4. The number of carbonyl (C=O) groups excluding carboxylic acids is 1. The second kappa shape index (κ2) is 5.89. The molecule has 92 valence electrons. The standard InChI is InChI=1S/C12H16N2O3/c1-8-3-5-10(6-4-8)14-12(17)13-7-9(2)11(15)16/h3-6,9H,7H2,1-2H3,(H,15,16)(H2,13,14,17). The number of urea groups is 1. The predicted octanol–water partition coefficient (Wildman–Crippen LogP) is 1.84. The molecule has 5 heteroatoms. The van der Waals surface area contributed by atoms with Crippen LogP contribution >= 0.6 is 0 Å². The summed E-state index contributed by atoms with van der Waals surface area (Å²) in [5.74, 6) is -1.53.